The summed E-state index contributed by atoms with van der Waals surface area (Å²) in [6, 6.07) is 8.27. The topological polar surface area (TPSA) is 95.6 Å². The van der Waals surface area contributed by atoms with Gasteiger partial charge in [-0.25, -0.2) is 15.0 Å². The lowest BCUT2D eigenvalue weighted by Crippen LogP contribution is -2.30. The number of aromatic nitrogens is 1. The van der Waals surface area contributed by atoms with E-state index in [0.29, 0.717) is 17.0 Å². The summed E-state index contributed by atoms with van der Waals surface area (Å²) in [4.78, 5) is 24.0. The van der Waals surface area contributed by atoms with Crippen molar-refractivity contribution < 1.29 is 19.1 Å². The molecule has 1 heterocycles. The summed E-state index contributed by atoms with van der Waals surface area (Å²) in [5.74, 6) is -0.603. The van der Waals surface area contributed by atoms with Crippen LogP contribution in [0, 0.1) is 0 Å². The molecule has 0 bridgehead atoms. The number of rotatable bonds is 6. The maximum atomic E-state index is 12.5. The molecular weight excluding hydrogens is 346 g/mol. The van der Waals surface area contributed by atoms with Crippen molar-refractivity contribution >= 4 is 23.6 Å². The average molecular weight is 366 g/mol. The Bertz CT molecular complexity index is 772. The summed E-state index contributed by atoms with van der Waals surface area (Å²) >= 11 is 6.50. The molecule has 0 spiro atoms. The van der Waals surface area contributed by atoms with Crippen molar-refractivity contribution in [3.8, 4) is 11.3 Å². The van der Waals surface area contributed by atoms with Crippen molar-refractivity contribution in [1.29, 1.82) is 0 Å². The number of methoxy groups -OCH3 is 1. The van der Waals surface area contributed by atoms with Gasteiger partial charge in [-0.05, 0) is 13.8 Å². The number of hydrogen-bond acceptors (Lipinski definition) is 4. The molecule has 7 nitrogen and oxygen atoms in total. The second-order valence-corrected chi connectivity index (χ2v) is 5.93. The van der Waals surface area contributed by atoms with Crippen molar-refractivity contribution in [3.05, 3.63) is 46.6 Å². The van der Waals surface area contributed by atoms with Crippen LogP contribution in [-0.4, -0.2) is 29.9 Å². The molecule has 0 atom stereocenters. The minimum Gasteiger partial charge on any atom is -0.459 e. The van der Waals surface area contributed by atoms with E-state index < -0.39 is 12.0 Å². The van der Waals surface area contributed by atoms with Crippen LogP contribution in [0.4, 0.5) is 4.79 Å². The maximum Gasteiger partial charge on any atom is 0.341 e. The van der Waals surface area contributed by atoms with Gasteiger partial charge in [0.15, 0.2) is 0 Å². The summed E-state index contributed by atoms with van der Waals surface area (Å²) in [6.45, 7) is 3.49. The standard InChI is InChI=1S/C17H20ClN3O4/c1-10(2)25-16(22)13-12(9-24-3)21(20-17(19)23)15(14(13)18)11-7-5-4-6-8-11/h4-8,10H,9H2,1-3H3,(H3,19,20,23). The molecule has 0 aliphatic rings. The molecule has 3 N–H and O–H groups in total. The minimum absolute atomic E-state index is 0.0232. The lowest BCUT2D eigenvalue weighted by Gasteiger charge is -2.14. The first-order valence-corrected chi connectivity index (χ1v) is 7.99. The number of ether oxygens (including phenoxy) is 2. The predicted molar refractivity (Wildman–Crippen MR) is 95.1 cm³/mol. The number of hydrogen-bond donors (Lipinski definition) is 2. The Morgan fingerprint density at radius 1 is 1.28 bits per heavy atom. The van der Waals surface area contributed by atoms with E-state index in [1.165, 1.54) is 11.8 Å². The lowest BCUT2D eigenvalue weighted by atomic mass is 10.1. The SMILES string of the molecule is COCc1c(C(=O)OC(C)C)c(Cl)c(-c2ccccc2)n1NC(N)=O. The fraction of sp³-hybridized carbons (Fsp3) is 0.294. The van der Waals surface area contributed by atoms with E-state index in [1.807, 2.05) is 18.2 Å². The zero-order valence-electron chi connectivity index (χ0n) is 14.2. The zero-order valence-corrected chi connectivity index (χ0v) is 15.0. The summed E-state index contributed by atoms with van der Waals surface area (Å²) < 4.78 is 11.8. The number of primary amides is 1. The molecule has 25 heavy (non-hydrogen) atoms. The zero-order chi connectivity index (χ0) is 18.6. The predicted octanol–water partition coefficient (Wildman–Crippen LogP) is 3.14. The number of nitrogens with zero attached hydrogens (tertiary/aromatic N) is 1. The Balaban J connectivity index is 2.72. The van der Waals surface area contributed by atoms with Crippen LogP contribution in [0.3, 0.4) is 0 Å². The van der Waals surface area contributed by atoms with Crippen molar-refractivity contribution in [2.24, 2.45) is 5.73 Å². The number of carbonyl (C=O) groups excluding carboxylic acids is 2. The van der Waals surface area contributed by atoms with Crippen LogP contribution < -0.4 is 11.2 Å². The highest BCUT2D eigenvalue weighted by Crippen LogP contribution is 2.36. The summed E-state index contributed by atoms with van der Waals surface area (Å²) in [5.41, 5.74) is 9.35. The molecule has 0 aliphatic heterocycles. The quantitative estimate of drug-likeness (QED) is 0.768. The molecule has 2 aromatic rings. The molecule has 0 saturated carbocycles. The maximum absolute atomic E-state index is 12.5. The van der Waals surface area contributed by atoms with Gasteiger partial charge in [0.1, 0.15) is 5.56 Å². The molecule has 0 unspecified atom stereocenters. The molecule has 2 amide bonds. The Morgan fingerprint density at radius 3 is 2.44 bits per heavy atom. The molecule has 0 aliphatic carbocycles. The monoisotopic (exact) mass is 365 g/mol. The first-order chi connectivity index (χ1) is 11.9. The number of nitrogens with two attached hydrogens (primary N) is 1. The number of nitrogens with one attached hydrogen (secondary N) is 1. The highest BCUT2D eigenvalue weighted by molar-refractivity contribution is 6.36. The van der Waals surface area contributed by atoms with Crippen LogP contribution in [-0.2, 0) is 16.1 Å². The van der Waals surface area contributed by atoms with Gasteiger partial charge in [0.05, 0.1) is 29.1 Å². The van der Waals surface area contributed by atoms with E-state index in [9.17, 15) is 9.59 Å². The number of halogens is 1. The fourth-order valence-electron chi connectivity index (χ4n) is 2.43. The van der Waals surface area contributed by atoms with Crippen LogP contribution in [0.1, 0.15) is 29.9 Å². The Kier molecular flexibility index (Phi) is 6.06. The second kappa shape index (κ2) is 8.04. The average Bonchev–Trinajstić information content (AvgIpc) is 2.79. The third kappa shape index (κ3) is 4.12. The smallest absolute Gasteiger partial charge is 0.341 e. The van der Waals surface area contributed by atoms with Crippen LogP contribution in [0.15, 0.2) is 30.3 Å². The third-order valence-electron chi connectivity index (χ3n) is 3.31. The van der Waals surface area contributed by atoms with Gasteiger partial charge < -0.3 is 15.2 Å². The molecule has 1 aromatic heterocycles. The first kappa shape index (κ1) is 18.8. The molecule has 0 radical (unpaired) electrons. The van der Waals surface area contributed by atoms with Gasteiger partial charge in [-0.15, -0.1) is 0 Å². The molecule has 1 aromatic carbocycles. The van der Waals surface area contributed by atoms with E-state index in [0.717, 1.165) is 0 Å². The Morgan fingerprint density at radius 2 is 1.92 bits per heavy atom. The van der Waals surface area contributed by atoms with Crippen LogP contribution in [0.2, 0.25) is 5.02 Å². The number of benzene rings is 1. The Hall–Kier alpha value is -2.51. The highest BCUT2D eigenvalue weighted by atomic mass is 35.5. The number of urea groups is 1. The van der Waals surface area contributed by atoms with Crippen molar-refractivity contribution in [1.82, 2.24) is 4.68 Å². The van der Waals surface area contributed by atoms with E-state index in [2.05, 4.69) is 5.43 Å². The third-order valence-corrected chi connectivity index (χ3v) is 3.67. The van der Waals surface area contributed by atoms with Crippen LogP contribution >= 0.6 is 11.6 Å². The molecule has 0 saturated heterocycles. The van der Waals surface area contributed by atoms with Crippen LogP contribution in [0.25, 0.3) is 11.3 Å². The molecular formula is C17H20ClN3O4. The highest BCUT2D eigenvalue weighted by Gasteiger charge is 2.29. The first-order valence-electron chi connectivity index (χ1n) is 7.61. The summed E-state index contributed by atoms with van der Waals surface area (Å²) in [6.07, 6.45) is -0.327. The van der Waals surface area contributed by atoms with Crippen molar-refractivity contribution in [2.45, 2.75) is 26.6 Å². The second-order valence-electron chi connectivity index (χ2n) is 5.55. The van der Waals surface area contributed by atoms with Gasteiger partial charge in [0, 0.05) is 12.7 Å². The van der Waals surface area contributed by atoms with E-state index in [1.54, 1.807) is 26.0 Å². The van der Waals surface area contributed by atoms with Gasteiger partial charge in [0.25, 0.3) is 0 Å². The molecule has 134 valence electrons. The van der Waals surface area contributed by atoms with Crippen molar-refractivity contribution in [3.63, 3.8) is 0 Å². The largest absolute Gasteiger partial charge is 0.459 e. The van der Waals surface area contributed by atoms with Gasteiger partial charge in [-0.1, -0.05) is 41.9 Å². The van der Waals surface area contributed by atoms with E-state index in [4.69, 9.17) is 26.8 Å². The fourth-order valence-corrected chi connectivity index (χ4v) is 2.81. The molecule has 2 rings (SSSR count). The van der Waals surface area contributed by atoms with Gasteiger partial charge >= 0.3 is 12.0 Å². The Labute approximate surface area is 150 Å². The van der Waals surface area contributed by atoms with Gasteiger partial charge in [0.2, 0.25) is 0 Å². The number of amides is 2. The summed E-state index contributed by atoms with van der Waals surface area (Å²) in [5, 5.41) is 0.151. The van der Waals surface area contributed by atoms with E-state index >= 15 is 0 Å². The molecule has 0 fully saturated rings. The lowest BCUT2D eigenvalue weighted by molar-refractivity contribution is 0.0373. The van der Waals surface area contributed by atoms with Crippen LogP contribution in [0.5, 0.6) is 0 Å². The van der Waals surface area contributed by atoms with Crippen molar-refractivity contribution in [2.75, 3.05) is 12.5 Å². The number of carbonyl (C=O) groups is 2. The molecule has 8 heteroatoms. The minimum atomic E-state index is -0.801. The van der Waals surface area contributed by atoms with Gasteiger partial charge in [-0.2, -0.15) is 0 Å². The van der Waals surface area contributed by atoms with E-state index in [-0.39, 0.29) is 23.3 Å². The summed E-state index contributed by atoms with van der Waals surface area (Å²) in [7, 11) is 1.47. The normalized spacial score (nSPS) is 10.8. The number of esters is 1. The van der Waals surface area contributed by atoms with Gasteiger partial charge in [-0.3, -0.25) is 4.68 Å².